The highest BCUT2D eigenvalue weighted by atomic mass is 16.3. The molecule has 27 heavy (non-hydrogen) atoms. The second kappa shape index (κ2) is 17.9. The van der Waals surface area contributed by atoms with Crippen molar-refractivity contribution in [1.29, 1.82) is 0 Å². The molecule has 0 bridgehead atoms. The van der Waals surface area contributed by atoms with Crippen molar-refractivity contribution in [2.45, 2.75) is 154 Å². The predicted octanol–water partition coefficient (Wildman–Crippen LogP) is 6.49. The van der Waals surface area contributed by atoms with E-state index >= 15 is 0 Å². The van der Waals surface area contributed by atoms with Crippen LogP contribution in [0.3, 0.4) is 0 Å². The molecule has 0 radical (unpaired) electrons. The third-order valence-electron chi connectivity index (χ3n) is 5.68. The van der Waals surface area contributed by atoms with Gasteiger partial charge in [-0.25, -0.2) is 0 Å². The Morgan fingerprint density at radius 2 is 0.889 bits per heavy atom. The average molecular weight is 386 g/mol. The minimum absolute atomic E-state index is 0.398. The van der Waals surface area contributed by atoms with E-state index in [9.17, 15) is 10.2 Å². The summed E-state index contributed by atoms with van der Waals surface area (Å²) in [5, 5.41) is 19.3. The summed E-state index contributed by atoms with van der Waals surface area (Å²) >= 11 is 0. The van der Waals surface area contributed by atoms with E-state index in [0.717, 1.165) is 12.8 Å². The highest BCUT2D eigenvalue weighted by Gasteiger charge is 2.27. The molecular formula is C24H51NO2. The van der Waals surface area contributed by atoms with E-state index in [4.69, 9.17) is 5.73 Å². The topological polar surface area (TPSA) is 66.5 Å². The fourth-order valence-corrected chi connectivity index (χ4v) is 4.31. The molecule has 2 atom stereocenters. The Hall–Kier alpha value is -0.120. The van der Waals surface area contributed by atoms with E-state index in [2.05, 4.69) is 6.92 Å². The third kappa shape index (κ3) is 19.0. The normalized spacial score (nSPS) is 16.2. The van der Waals surface area contributed by atoms with Gasteiger partial charge in [-0.2, -0.15) is 0 Å². The first kappa shape index (κ1) is 26.9. The van der Waals surface area contributed by atoms with Gasteiger partial charge in [-0.15, -0.1) is 0 Å². The Bertz CT molecular complexity index is 295. The Balaban J connectivity index is 3.47. The molecule has 0 aromatic heterocycles. The lowest BCUT2D eigenvalue weighted by Gasteiger charge is -2.32. The van der Waals surface area contributed by atoms with Gasteiger partial charge in [-0.1, -0.05) is 103 Å². The molecule has 0 aromatic rings. The van der Waals surface area contributed by atoms with Crippen molar-refractivity contribution in [2.75, 3.05) is 0 Å². The van der Waals surface area contributed by atoms with Crippen molar-refractivity contribution in [2.24, 2.45) is 5.73 Å². The Kier molecular flexibility index (Phi) is 17.9. The van der Waals surface area contributed by atoms with Crippen LogP contribution in [0.15, 0.2) is 0 Å². The van der Waals surface area contributed by atoms with Gasteiger partial charge in [0, 0.05) is 5.54 Å². The van der Waals surface area contributed by atoms with E-state index in [-0.39, 0.29) is 0 Å². The molecule has 0 spiro atoms. The molecule has 0 rings (SSSR count). The number of rotatable bonds is 20. The van der Waals surface area contributed by atoms with Crippen LogP contribution in [0.25, 0.3) is 0 Å². The Labute approximate surface area is 170 Å². The van der Waals surface area contributed by atoms with Crippen LogP contribution in [0, 0.1) is 0 Å². The van der Waals surface area contributed by atoms with Crippen LogP contribution in [-0.4, -0.2) is 28.0 Å². The molecule has 164 valence electrons. The maximum Gasteiger partial charge on any atom is 0.0529 e. The molecule has 0 aliphatic rings. The van der Waals surface area contributed by atoms with Crippen molar-refractivity contribution in [1.82, 2.24) is 0 Å². The third-order valence-corrected chi connectivity index (χ3v) is 5.68. The second-order valence-corrected chi connectivity index (χ2v) is 9.17. The summed E-state index contributed by atoms with van der Waals surface area (Å²) in [4.78, 5) is 0. The predicted molar refractivity (Wildman–Crippen MR) is 119 cm³/mol. The molecule has 0 amide bonds. The summed E-state index contributed by atoms with van der Waals surface area (Å²) in [6.45, 7) is 5.85. The summed E-state index contributed by atoms with van der Waals surface area (Å²) in [6.07, 6.45) is 21.7. The fourth-order valence-electron chi connectivity index (χ4n) is 4.31. The van der Waals surface area contributed by atoms with E-state index in [1.165, 1.54) is 89.9 Å². The molecule has 0 aromatic carbocycles. The molecule has 3 heteroatoms. The monoisotopic (exact) mass is 385 g/mol. The van der Waals surface area contributed by atoms with Gasteiger partial charge in [0.15, 0.2) is 0 Å². The first-order valence-corrected chi connectivity index (χ1v) is 12.0. The molecule has 0 fully saturated rings. The van der Waals surface area contributed by atoms with Crippen LogP contribution in [0.2, 0.25) is 0 Å². The molecule has 3 nitrogen and oxygen atoms in total. The summed E-state index contributed by atoms with van der Waals surface area (Å²) < 4.78 is 0. The van der Waals surface area contributed by atoms with Gasteiger partial charge in [-0.3, -0.25) is 0 Å². The van der Waals surface area contributed by atoms with Crippen molar-refractivity contribution in [3.63, 3.8) is 0 Å². The van der Waals surface area contributed by atoms with Crippen LogP contribution < -0.4 is 5.73 Å². The molecule has 0 heterocycles. The molecule has 0 saturated heterocycles. The standard InChI is InChI=1S/C24H51NO2/c1-4-5-6-7-8-9-10-11-12-13-14-15-16-17-18-19-24(25,20-22(2)26)21-23(3)27/h22-23,26-27H,4-21,25H2,1-3H3. The lowest BCUT2D eigenvalue weighted by molar-refractivity contribution is 0.0985. The van der Waals surface area contributed by atoms with E-state index in [1.807, 2.05) is 0 Å². The van der Waals surface area contributed by atoms with Gasteiger partial charge in [-0.05, 0) is 33.1 Å². The maximum absolute atomic E-state index is 9.66. The Morgan fingerprint density at radius 1 is 0.593 bits per heavy atom. The summed E-state index contributed by atoms with van der Waals surface area (Å²) in [7, 11) is 0. The average Bonchev–Trinajstić information content (AvgIpc) is 2.56. The zero-order chi connectivity index (χ0) is 20.4. The van der Waals surface area contributed by atoms with Gasteiger partial charge < -0.3 is 15.9 Å². The maximum atomic E-state index is 9.66. The highest BCUT2D eigenvalue weighted by molar-refractivity contribution is 4.87. The largest absolute Gasteiger partial charge is 0.393 e. The van der Waals surface area contributed by atoms with Gasteiger partial charge in [0.05, 0.1) is 12.2 Å². The molecule has 0 aliphatic heterocycles. The minimum Gasteiger partial charge on any atom is -0.393 e. The second-order valence-electron chi connectivity index (χ2n) is 9.17. The van der Waals surface area contributed by atoms with Gasteiger partial charge in [0.2, 0.25) is 0 Å². The highest BCUT2D eigenvalue weighted by Crippen LogP contribution is 2.24. The zero-order valence-corrected chi connectivity index (χ0v) is 18.9. The zero-order valence-electron chi connectivity index (χ0n) is 18.9. The first-order valence-electron chi connectivity index (χ1n) is 12.0. The SMILES string of the molecule is CCCCCCCCCCCCCCCCCC(N)(CC(C)O)CC(C)O. The molecule has 0 saturated carbocycles. The first-order chi connectivity index (χ1) is 12.9. The van der Waals surface area contributed by atoms with E-state index in [1.54, 1.807) is 13.8 Å². The van der Waals surface area contributed by atoms with Crippen LogP contribution >= 0.6 is 0 Å². The van der Waals surface area contributed by atoms with Gasteiger partial charge in [0.1, 0.15) is 0 Å². The van der Waals surface area contributed by atoms with Crippen LogP contribution in [0.5, 0.6) is 0 Å². The summed E-state index contributed by atoms with van der Waals surface area (Å²) in [5.41, 5.74) is 6.02. The van der Waals surface area contributed by atoms with Crippen molar-refractivity contribution in [3.8, 4) is 0 Å². The number of nitrogens with two attached hydrogens (primary N) is 1. The van der Waals surface area contributed by atoms with E-state index in [0.29, 0.717) is 12.8 Å². The lowest BCUT2D eigenvalue weighted by Crippen LogP contribution is -2.44. The van der Waals surface area contributed by atoms with Crippen molar-refractivity contribution in [3.05, 3.63) is 0 Å². The molecule has 4 N–H and O–H groups in total. The number of hydrogen-bond donors (Lipinski definition) is 3. The van der Waals surface area contributed by atoms with Gasteiger partial charge in [0.25, 0.3) is 0 Å². The van der Waals surface area contributed by atoms with Crippen molar-refractivity contribution >= 4 is 0 Å². The molecule has 0 aliphatic carbocycles. The van der Waals surface area contributed by atoms with Crippen LogP contribution in [-0.2, 0) is 0 Å². The number of aliphatic hydroxyl groups excluding tert-OH is 2. The van der Waals surface area contributed by atoms with Gasteiger partial charge >= 0.3 is 0 Å². The van der Waals surface area contributed by atoms with E-state index < -0.39 is 17.7 Å². The Morgan fingerprint density at radius 3 is 1.19 bits per heavy atom. The quantitative estimate of drug-likeness (QED) is 0.210. The lowest BCUT2D eigenvalue weighted by atomic mass is 9.83. The van der Waals surface area contributed by atoms with Crippen LogP contribution in [0.4, 0.5) is 0 Å². The van der Waals surface area contributed by atoms with Crippen LogP contribution in [0.1, 0.15) is 136 Å². The molecule has 2 unspecified atom stereocenters. The number of unbranched alkanes of at least 4 members (excludes halogenated alkanes) is 14. The fraction of sp³-hybridized carbons (Fsp3) is 1.00. The number of aliphatic hydroxyl groups is 2. The van der Waals surface area contributed by atoms with Crippen molar-refractivity contribution < 1.29 is 10.2 Å². The molecular weight excluding hydrogens is 334 g/mol. The smallest absolute Gasteiger partial charge is 0.0529 e. The summed E-state index contributed by atoms with van der Waals surface area (Å²) in [5.74, 6) is 0. The summed E-state index contributed by atoms with van der Waals surface area (Å²) in [6, 6.07) is 0. The number of hydrogen-bond acceptors (Lipinski definition) is 3. The minimum atomic E-state index is -0.418.